The summed E-state index contributed by atoms with van der Waals surface area (Å²) in [6, 6.07) is 8.79. The van der Waals surface area contributed by atoms with E-state index in [1.54, 1.807) is 5.57 Å². The molecule has 0 saturated heterocycles. The Balaban J connectivity index is 2.68. The van der Waals surface area contributed by atoms with E-state index in [0.717, 1.165) is 6.42 Å². The van der Waals surface area contributed by atoms with E-state index in [-0.39, 0.29) is 5.41 Å². The van der Waals surface area contributed by atoms with E-state index < -0.39 is 0 Å². The molecule has 14 heavy (non-hydrogen) atoms. The molecule has 1 aliphatic rings. The molecule has 1 aromatic rings. The van der Waals surface area contributed by atoms with Crippen LogP contribution in [0.1, 0.15) is 45.2 Å². The standard InChI is InChI=1S/C14H18/c1-5-12-10(2)11-8-6-7-9-13(11)14(12,3)4/h6-9H,5H2,1-4H3. The lowest BCUT2D eigenvalue weighted by atomic mass is 9.80. The molecule has 0 spiro atoms. The van der Waals surface area contributed by atoms with Crippen molar-refractivity contribution in [3.63, 3.8) is 0 Å². The second-order valence-corrected chi connectivity index (χ2v) is 4.63. The van der Waals surface area contributed by atoms with E-state index in [2.05, 4.69) is 52.0 Å². The van der Waals surface area contributed by atoms with Crippen LogP contribution < -0.4 is 0 Å². The Morgan fingerprint density at radius 2 is 1.79 bits per heavy atom. The van der Waals surface area contributed by atoms with E-state index >= 15 is 0 Å². The first-order valence-electron chi connectivity index (χ1n) is 5.39. The summed E-state index contributed by atoms with van der Waals surface area (Å²) in [5, 5.41) is 0. The fourth-order valence-electron chi connectivity index (χ4n) is 2.86. The molecule has 0 aliphatic heterocycles. The molecule has 1 aromatic carbocycles. The second kappa shape index (κ2) is 2.98. The lowest BCUT2D eigenvalue weighted by molar-refractivity contribution is 0.617. The number of hydrogen-bond acceptors (Lipinski definition) is 0. The molecule has 0 atom stereocenters. The first-order valence-corrected chi connectivity index (χ1v) is 5.39. The van der Waals surface area contributed by atoms with Crippen LogP contribution in [-0.4, -0.2) is 0 Å². The molecule has 0 unspecified atom stereocenters. The van der Waals surface area contributed by atoms with Crippen molar-refractivity contribution in [3.8, 4) is 0 Å². The van der Waals surface area contributed by atoms with Gasteiger partial charge in [-0.1, -0.05) is 50.6 Å². The number of allylic oxidation sites excluding steroid dienone is 2. The van der Waals surface area contributed by atoms with Gasteiger partial charge in [-0.05, 0) is 30.0 Å². The van der Waals surface area contributed by atoms with Gasteiger partial charge in [0.15, 0.2) is 0 Å². The molecule has 0 heteroatoms. The van der Waals surface area contributed by atoms with Gasteiger partial charge in [0.2, 0.25) is 0 Å². The Bertz CT molecular complexity index is 394. The predicted molar refractivity (Wildman–Crippen MR) is 62.4 cm³/mol. The highest BCUT2D eigenvalue weighted by Crippen LogP contribution is 2.46. The maximum atomic E-state index is 2.33. The third-order valence-electron chi connectivity index (χ3n) is 3.57. The smallest absolute Gasteiger partial charge is 0.0117 e. The Kier molecular flexibility index (Phi) is 2.02. The third kappa shape index (κ3) is 1.06. The minimum atomic E-state index is 0.245. The van der Waals surface area contributed by atoms with Crippen LogP contribution in [0.15, 0.2) is 29.8 Å². The van der Waals surface area contributed by atoms with E-state index in [4.69, 9.17) is 0 Å². The average Bonchev–Trinajstić information content (AvgIpc) is 2.36. The van der Waals surface area contributed by atoms with Crippen LogP contribution in [0.25, 0.3) is 5.57 Å². The Morgan fingerprint density at radius 1 is 1.14 bits per heavy atom. The molecule has 0 radical (unpaired) electrons. The van der Waals surface area contributed by atoms with E-state index in [0.29, 0.717) is 0 Å². The zero-order valence-electron chi connectivity index (χ0n) is 9.52. The first kappa shape index (κ1) is 9.51. The van der Waals surface area contributed by atoms with Gasteiger partial charge in [-0.25, -0.2) is 0 Å². The van der Waals surface area contributed by atoms with Gasteiger partial charge < -0.3 is 0 Å². The minimum Gasteiger partial charge on any atom is -0.0619 e. The van der Waals surface area contributed by atoms with Crippen LogP contribution >= 0.6 is 0 Å². The Hall–Kier alpha value is -1.04. The average molecular weight is 186 g/mol. The zero-order valence-corrected chi connectivity index (χ0v) is 9.52. The van der Waals surface area contributed by atoms with Crippen molar-refractivity contribution in [1.29, 1.82) is 0 Å². The number of hydrogen-bond donors (Lipinski definition) is 0. The summed E-state index contributed by atoms with van der Waals surface area (Å²) in [6.07, 6.45) is 1.16. The van der Waals surface area contributed by atoms with Crippen molar-refractivity contribution >= 4 is 5.57 Å². The zero-order chi connectivity index (χ0) is 10.3. The summed E-state index contributed by atoms with van der Waals surface area (Å²) in [4.78, 5) is 0. The van der Waals surface area contributed by atoms with Gasteiger partial charge in [-0.15, -0.1) is 0 Å². The highest BCUT2D eigenvalue weighted by Gasteiger charge is 2.34. The summed E-state index contributed by atoms with van der Waals surface area (Å²) in [6.45, 7) is 9.18. The van der Waals surface area contributed by atoms with Gasteiger partial charge in [0.25, 0.3) is 0 Å². The maximum Gasteiger partial charge on any atom is 0.0117 e. The second-order valence-electron chi connectivity index (χ2n) is 4.63. The van der Waals surface area contributed by atoms with E-state index in [1.165, 1.54) is 16.7 Å². The molecule has 0 aromatic heterocycles. The van der Waals surface area contributed by atoms with Crippen molar-refractivity contribution in [3.05, 3.63) is 41.0 Å². The van der Waals surface area contributed by atoms with Crippen LogP contribution in [0.5, 0.6) is 0 Å². The molecule has 0 nitrogen and oxygen atoms in total. The van der Waals surface area contributed by atoms with Crippen LogP contribution in [0, 0.1) is 0 Å². The third-order valence-corrected chi connectivity index (χ3v) is 3.57. The fraction of sp³-hybridized carbons (Fsp3) is 0.429. The van der Waals surface area contributed by atoms with E-state index in [1.807, 2.05) is 0 Å². The molecule has 0 saturated carbocycles. The molecule has 0 N–H and O–H groups in total. The highest BCUT2D eigenvalue weighted by atomic mass is 14.4. The molecule has 2 rings (SSSR count). The van der Waals surface area contributed by atoms with Crippen LogP contribution in [0.2, 0.25) is 0 Å². The van der Waals surface area contributed by atoms with Crippen molar-refractivity contribution in [2.45, 2.75) is 39.5 Å². The largest absolute Gasteiger partial charge is 0.0619 e. The first-order chi connectivity index (χ1) is 6.59. The Morgan fingerprint density at radius 3 is 2.36 bits per heavy atom. The molecule has 0 amide bonds. The molecule has 0 bridgehead atoms. The molecule has 0 fully saturated rings. The number of benzene rings is 1. The van der Waals surface area contributed by atoms with Gasteiger partial charge in [-0.2, -0.15) is 0 Å². The lowest BCUT2D eigenvalue weighted by Gasteiger charge is -2.23. The summed E-state index contributed by atoms with van der Waals surface area (Å²) in [5.74, 6) is 0. The van der Waals surface area contributed by atoms with Crippen molar-refractivity contribution < 1.29 is 0 Å². The molecule has 1 aliphatic carbocycles. The monoisotopic (exact) mass is 186 g/mol. The summed E-state index contributed by atoms with van der Waals surface area (Å²) in [7, 11) is 0. The van der Waals surface area contributed by atoms with Crippen LogP contribution in [0.3, 0.4) is 0 Å². The molecule has 0 heterocycles. The summed E-state index contributed by atoms with van der Waals surface area (Å²) < 4.78 is 0. The van der Waals surface area contributed by atoms with E-state index in [9.17, 15) is 0 Å². The Labute approximate surface area is 86.7 Å². The highest BCUT2D eigenvalue weighted by molar-refractivity contribution is 5.78. The summed E-state index contributed by atoms with van der Waals surface area (Å²) >= 11 is 0. The van der Waals surface area contributed by atoms with Crippen LogP contribution in [0.4, 0.5) is 0 Å². The fourth-order valence-corrected chi connectivity index (χ4v) is 2.86. The minimum absolute atomic E-state index is 0.245. The quantitative estimate of drug-likeness (QED) is 0.617. The predicted octanol–water partition coefficient (Wildman–Crippen LogP) is 4.16. The molecule has 74 valence electrons. The van der Waals surface area contributed by atoms with Crippen molar-refractivity contribution in [2.75, 3.05) is 0 Å². The van der Waals surface area contributed by atoms with Crippen LogP contribution in [-0.2, 0) is 5.41 Å². The SMILES string of the molecule is CCC1=C(C)c2ccccc2C1(C)C. The lowest BCUT2D eigenvalue weighted by Crippen LogP contribution is -2.16. The van der Waals surface area contributed by atoms with Crippen molar-refractivity contribution in [1.82, 2.24) is 0 Å². The van der Waals surface area contributed by atoms with Gasteiger partial charge in [0.05, 0.1) is 0 Å². The maximum absolute atomic E-state index is 2.33. The number of rotatable bonds is 1. The topological polar surface area (TPSA) is 0 Å². The van der Waals surface area contributed by atoms with Gasteiger partial charge in [0.1, 0.15) is 0 Å². The van der Waals surface area contributed by atoms with Crippen molar-refractivity contribution in [2.24, 2.45) is 0 Å². The normalized spacial score (nSPS) is 18.6. The number of fused-ring (bicyclic) bond motifs is 1. The van der Waals surface area contributed by atoms with Gasteiger partial charge in [0, 0.05) is 5.41 Å². The molecular formula is C14H18. The molecular weight excluding hydrogens is 168 g/mol. The summed E-state index contributed by atoms with van der Waals surface area (Å²) in [5.41, 5.74) is 6.28. The van der Waals surface area contributed by atoms with Gasteiger partial charge in [-0.3, -0.25) is 0 Å². The van der Waals surface area contributed by atoms with Gasteiger partial charge >= 0.3 is 0 Å².